The molecule has 1 aromatic heterocycles. The number of aryl methyl sites for hydroxylation is 1. The van der Waals surface area contributed by atoms with Gasteiger partial charge in [-0.2, -0.15) is 4.31 Å². The van der Waals surface area contributed by atoms with E-state index in [1.807, 2.05) is 0 Å². The molecule has 1 saturated heterocycles. The lowest BCUT2D eigenvalue weighted by Gasteiger charge is -2.36. The summed E-state index contributed by atoms with van der Waals surface area (Å²) in [5, 5.41) is 9.03. The fourth-order valence-electron chi connectivity index (χ4n) is 3.14. The molecule has 1 aliphatic heterocycles. The molecular formula is C13H17NO5S2. The quantitative estimate of drug-likeness (QED) is 0.911. The van der Waals surface area contributed by atoms with Crippen LogP contribution >= 0.6 is 11.3 Å². The number of carbonyl (C=O) groups is 1. The highest BCUT2D eigenvalue weighted by Gasteiger charge is 2.43. The van der Waals surface area contributed by atoms with Crippen LogP contribution in [0.2, 0.25) is 0 Å². The molecule has 1 aliphatic carbocycles. The Kier molecular flexibility index (Phi) is 3.81. The molecular weight excluding hydrogens is 314 g/mol. The molecule has 116 valence electrons. The first kappa shape index (κ1) is 15.0. The maximum atomic E-state index is 12.9. The zero-order valence-electron chi connectivity index (χ0n) is 11.6. The van der Waals surface area contributed by atoms with E-state index in [0.29, 0.717) is 18.0 Å². The molecule has 21 heavy (non-hydrogen) atoms. The Bertz CT molecular complexity index is 666. The van der Waals surface area contributed by atoms with Gasteiger partial charge in [0.2, 0.25) is 10.0 Å². The van der Waals surface area contributed by atoms with E-state index in [0.717, 1.165) is 30.6 Å². The normalized spacial score (nSPS) is 26.7. The molecule has 0 radical (unpaired) electrons. The van der Waals surface area contributed by atoms with Crippen molar-refractivity contribution < 1.29 is 23.1 Å². The van der Waals surface area contributed by atoms with Crippen molar-refractivity contribution in [1.82, 2.24) is 4.31 Å². The van der Waals surface area contributed by atoms with E-state index < -0.39 is 16.0 Å². The SMILES string of the molecule is Cc1sc(C(=O)O)cc1S(=O)(=O)N1CCOC2CCCC21. The molecule has 1 saturated carbocycles. The topological polar surface area (TPSA) is 83.9 Å². The van der Waals surface area contributed by atoms with Crippen LogP contribution in [0.25, 0.3) is 0 Å². The fraction of sp³-hybridized carbons (Fsp3) is 0.615. The Labute approximate surface area is 127 Å². The molecule has 2 atom stereocenters. The van der Waals surface area contributed by atoms with Gasteiger partial charge in [0.1, 0.15) is 4.88 Å². The zero-order chi connectivity index (χ0) is 15.2. The smallest absolute Gasteiger partial charge is 0.345 e. The number of morpholine rings is 1. The minimum atomic E-state index is -3.66. The van der Waals surface area contributed by atoms with Crippen LogP contribution in [0, 0.1) is 6.92 Å². The monoisotopic (exact) mass is 331 g/mol. The summed E-state index contributed by atoms with van der Waals surface area (Å²) in [5.41, 5.74) is 0. The Morgan fingerprint density at radius 3 is 2.90 bits per heavy atom. The van der Waals surface area contributed by atoms with Crippen molar-refractivity contribution in [1.29, 1.82) is 0 Å². The summed E-state index contributed by atoms with van der Waals surface area (Å²) < 4.78 is 32.9. The van der Waals surface area contributed by atoms with Crippen molar-refractivity contribution in [3.05, 3.63) is 15.8 Å². The zero-order valence-corrected chi connectivity index (χ0v) is 13.2. The number of sulfonamides is 1. The number of hydrogen-bond donors (Lipinski definition) is 1. The Balaban J connectivity index is 1.98. The van der Waals surface area contributed by atoms with Crippen molar-refractivity contribution in [2.75, 3.05) is 13.2 Å². The van der Waals surface area contributed by atoms with Crippen LogP contribution in [0.15, 0.2) is 11.0 Å². The Hall–Kier alpha value is -0.960. The summed E-state index contributed by atoms with van der Waals surface area (Å²) in [6.45, 7) is 2.38. The van der Waals surface area contributed by atoms with Crippen LogP contribution in [0.5, 0.6) is 0 Å². The van der Waals surface area contributed by atoms with Crippen molar-refractivity contribution >= 4 is 27.3 Å². The van der Waals surface area contributed by atoms with E-state index in [9.17, 15) is 13.2 Å². The van der Waals surface area contributed by atoms with Crippen molar-refractivity contribution in [2.24, 2.45) is 0 Å². The second-order valence-corrected chi connectivity index (χ2v) is 8.47. The minimum absolute atomic E-state index is 0.0218. The van der Waals surface area contributed by atoms with Crippen molar-refractivity contribution in [3.63, 3.8) is 0 Å². The lowest BCUT2D eigenvalue weighted by molar-refractivity contribution is -0.0241. The van der Waals surface area contributed by atoms with E-state index in [2.05, 4.69) is 0 Å². The number of rotatable bonds is 3. The molecule has 6 nitrogen and oxygen atoms in total. The van der Waals surface area contributed by atoms with E-state index in [1.54, 1.807) is 6.92 Å². The van der Waals surface area contributed by atoms with E-state index in [4.69, 9.17) is 9.84 Å². The number of hydrogen-bond acceptors (Lipinski definition) is 5. The molecule has 1 aromatic rings. The first-order chi connectivity index (χ1) is 9.91. The molecule has 2 heterocycles. The lowest BCUT2D eigenvalue weighted by atomic mass is 10.2. The van der Waals surface area contributed by atoms with Gasteiger partial charge in [-0.25, -0.2) is 13.2 Å². The second kappa shape index (κ2) is 5.35. The van der Waals surface area contributed by atoms with Crippen LogP contribution in [0.3, 0.4) is 0 Å². The average Bonchev–Trinajstić information content (AvgIpc) is 3.04. The van der Waals surface area contributed by atoms with E-state index in [1.165, 1.54) is 10.4 Å². The molecule has 1 N–H and O–H groups in total. The third-order valence-corrected chi connectivity index (χ3v) is 7.32. The van der Waals surface area contributed by atoms with Gasteiger partial charge in [0, 0.05) is 11.4 Å². The van der Waals surface area contributed by atoms with Gasteiger partial charge in [0.15, 0.2) is 0 Å². The number of fused-ring (bicyclic) bond motifs is 1. The minimum Gasteiger partial charge on any atom is -0.477 e. The second-order valence-electron chi connectivity index (χ2n) is 5.36. The number of nitrogens with zero attached hydrogens (tertiary/aromatic N) is 1. The molecule has 8 heteroatoms. The average molecular weight is 331 g/mol. The molecule has 0 spiro atoms. The van der Waals surface area contributed by atoms with Gasteiger partial charge < -0.3 is 9.84 Å². The molecule has 2 fully saturated rings. The van der Waals surface area contributed by atoms with Gasteiger partial charge >= 0.3 is 5.97 Å². The molecule has 0 bridgehead atoms. The summed E-state index contributed by atoms with van der Waals surface area (Å²) in [7, 11) is -3.66. The molecule has 2 aliphatic rings. The first-order valence-corrected chi connectivity index (χ1v) is 9.14. The number of ether oxygens (including phenoxy) is 1. The van der Waals surface area contributed by atoms with E-state index in [-0.39, 0.29) is 21.9 Å². The third kappa shape index (κ3) is 2.50. The van der Waals surface area contributed by atoms with Gasteiger partial charge in [-0.05, 0) is 32.3 Å². The maximum Gasteiger partial charge on any atom is 0.345 e. The number of aromatic carboxylic acids is 1. The van der Waals surface area contributed by atoms with Crippen LogP contribution < -0.4 is 0 Å². The van der Waals surface area contributed by atoms with Gasteiger partial charge in [-0.3, -0.25) is 0 Å². The highest BCUT2D eigenvalue weighted by atomic mass is 32.2. The Morgan fingerprint density at radius 2 is 2.24 bits per heavy atom. The predicted molar refractivity (Wildman–Crippen MR) is 77.3 cm³/mol. The van der Waals surface area contributed by atoms with Gasteiger partial charge in [0.25, 0.3) is 0 Å². The molecule has 0 aromatic carbocycles. The summed E-state index contributed by atoms with van der Waals surface area (Å²) in [5.74, 6) is -1.09. The maximum absolute atomic E-state index is 12.9. The highest BCUT2D eigenvalue weighted by Crippen LogP contribution is 2.35. The van der Waals surface area contributed by atoms with Crippen molar-refractivity contribution in [3.8, 4) is 0 Å². The van der Waals surface area contributed by atoms with Gasteiger partial charge in [-0.1, -0.05) is 0 Å². The number of carboxylic acid groups (broad SMARTS) is 1. The van der Waals surface area contributed by atoms with E-state index >= 15 is 0 Å². The number of carboxylic acids is 1. The lowest BCUT2D eigenvalue weighted by Crippen LogP contribution is -2.51. The summed E-state index contributed by atoms with van der Waals surface area (Å²) >= 11 is 1.00. The van der Waals surface area contributed by atoms with Crippen LogP contribution in [0.4, 0.5) is 0 Å². The van der Waals surface area contributed by atoms with Gasteiger partial charge in [-0.15, -0.1) is 11.3 Å². The molecule has 0 amide bonds. The molecule has 2 unspecified atom stereocenters. The van der Waals surface area contributed by atoms with Crippen LogP contribution in [0.1, 0.15) is 33.8 Å². The van der Waals surface area contributed by atoms with Crippen LogP contribution in [-0.2, 0) is 14.8 Å². The fourth-order valence-corrected chi connectivity index (χ4v) is 6.21. The summed E-state index contributed by atoms with van der Waals surface area (Å²) in [6.07, 6.45) is 2.63. The number of thiophene rings is 1. The predicted octanol–water partition coefficient (Wildman–Crippen LogP) is 1.70. The van der Waals surface area contributed by atoms with Crippen LogP contribution in [-0.4, -0.2) is 49.1 Å². The highest BCUT2D eigenvalue weighted by molar-refractivity contribution is 7.89. The third-order valence-electron chi connectivity index (χ3n) is 4.10. The Morgan fingerprint density at radius 1 is 1.48 bits per heavy atom. The first-order valence-electron chi connectivity index (χ1n) is 6.88. The van der Waals surface area contributed by atoms with Gasteiger partial charge in [0.05, 0.1) is 23.6 Å². The standard InChI is InChI=1S/C13H17NO5S2/c1-8-12(7-11(20-8)13(15)16)21(17,18)14-5-6-19-10-4-2-3-9(10)14/h7,9-10H,2-6H2,1H3,(H,15,16). The van der Waals surface area contributed by atoms with Crippen molar-refractivity contribution in [2.45, 2.75) is 43.2 Å². The largest absolute Gasteiger partial charge is 0.477 e. The molecule has 3 rings (SSSR count). The summed E-state index contributed by atoms with van der Waals surface area (Å²) in [6, 6.07) is 1.16. The summed E-state index contributed by atoms with van der Waals surface area (Å²) in [4.78, 5) is 11.7.